The van der Waals surface area contributed by atoms with Crippen LogP contribution in [0.1, 0.15) is 33.7 Å². The van der Waals surface area contributed by atoms with Crippen molar-refractivity contribution in [2.75, 3.05) is 0 Å². The van der Waals surface area contributed by atoms with Crippen molar-refractivity contribution in [1.82, 2.24) is 0 Å². The van der Waals surface area contributed by atoms with Crippen LogP contribution in [0.5, 0.6) is 0 Å². The first-order valence-electron chi connectivity index (χ1n) is 6.32. The summed E-state index contributed by atoms with van der Waals surface area (Å²) < 4.78 is 0. The zero-order valence-corrected chi connectivity index (χ0v) is 13.8. The van der Waals surface area contributed by atoms with Crippen LogP contribution in [0, 0.1) is 6.92 Å². The van der Waals surface area contributed by atoms with Gasteiger partial charge in [0, 0.05) is 16.0 Å². The lowest BCUT2D eigenvalue weighted by molar-refractivity contribution is 0.820. The first kappa shape index (κ1) is 14.5. The lowest BCUT2D eigenvalue weighted by Crippen LogP contribution is -2.19. The Balaban J connectivity index is 2.26. The molecule has 0 fully saturated rings. The quantitative estimate of drug-likeness (QED) is 0.544. The fourth-order valence-electron chi connectivity index (χ4n) is 2.97. The third-order valence-corrected chi connectivity index (χ3v) is 4.80. The van der Waals surface area contributed by atoms with Crippen molar-refractivity contribution in [2.24, 2.45) is 0 Å². The average Bonchev–Trinajstić information content (AvgIpc) is 2.35. The second kappa shape index (κ2) is 5.42. The summed E-state index contributed by atoms with van der Waals surface area (Å²) >= 11 is 25.0. The topological polar surface area (TPSA) is 0 Å². The molecule has 20 heavy (non-hydrogen) atoms. The maximum Gasteiger partial charge on any atom is 0.118 e. The number of benzene rings is 2. The Hall–Kier alpha value is -0.400. The molecule has 0 amide bonds. The van der Waals surface area contributed by atoms with E-state index in [-0.39, 0.29) is 5.92 Å². The van der Waals surface area contributed by atoms with Crippen molar-refractivity contribution in [3.05, 3.63) is 68.2 Å². The molecule has 2 aromatic rings. The molecule has 104 valence electrons. The Morgan fingerprint density at radius 1 is 1.05 bits per heavy atom. The number of alkyl halides is 2. The van der Waals surface area contributed by atoms with Crippen LogP contribution in [-0.2, 0) is 6.42 Å². The summed E-state index contributed by atoms with van der Waals surface area (Å²) in [5.41, 5.74) is 5.65. The molecule has 3 rings (SSSR count). The zero-order chi connectivity index (χ0) is 14.4. The molecule has 0 saturated heterocycles. The van der Waals surface area contributed by atoms with Crippen molar-refractivity contribution >= 4 is 46.4 Å². The molecule has 0 nitrogen and oxygen atoms in total. The van der Waals surface area contributed by atoms with E-state index in [4.69, 9.17) is 46.4 Å². The largest absolute Gasteiger partial charge is 0.118 e. The standard InChI is InChI=1S/C16H12Cl4/c1-8-4-10-6-9-7-11(17)2-3-12(9)15(16(19)20)14(10)13(18)5-8/h2-5,7,15-16H,6H2,1H3. The third kappa shape index (κ3) is 2.44. The van der Waals surface area contributed by atoms with Crippen LogP contribution in [0.25, 0.3) is 0 Å². The van der Waals surface area contributed by atoms with Gasteiger partial charge < -0.3 is 0 Å². The summed E-state index contributed by atoms with van der Waals surface area (Å²) in [6.07, 6.45) is 0.809. The molecular weight excluding hydrogens is 334 g/mol. The molecule has 0 bridgehead atoms. The molecule has 0 spiro atoms. The fourth-order valence-corrected chi connectivity index (χ4v) is 4.10. The van der Waals surface area contributed by atoms with Crippen molar-refractivity contribution < 1.29 is 0 Å². The molecule has 0 N–H and O–H groups in total. The van der Waals surface area contributed by atoms with E-state index in [9.17, 15) is 0 Å². The minimum absolute atomic E-state index is 0.109. The predicted molar refractivity (Wildman–Crippen MR) is 87.8 cm³/mol. The average molecular weight is 346 g/mol. The van der Waals surface area contributed by atoms with Gasteiger partial charge in [-0.15, -0.1) is 23.2 Å². The van der Waals surface area contributed by atoms with E-state index in [0.717, 1.165) is 33.2 Å². The van der Waals surface area contributed by atoms with E-state index in [0.29, 0.717) is 0 Å². The highest BCUT2D eigenvalue weighted by molar-refractivity contribution is 6.45. The van der Waals surface area contributed by atoms with Gasteiger partial charge in [-0.2, -0.15) is 0 Å². The Morgan fingerprint density at radius 3 is 2.50 bits per heavy atom. The van der Waals surface area contributed by atoms with E-state index in [1.807, 2.05) is 31.2 Å². The molecule has 0 heterocycles. The van der Waals surface area contributed by atoms with E-state index < -0.39 is 4.84 Å². The third-order valence-electron chi connectivity index (χ3n) is 3.74. The van der Waals surface area contributed by atoms with Crippen molar-refractivity contribution in [3.8, 4) is 0 Å². The first-order valence-corrected chi connectivity index (χ1v) is 7.95. The summed E-state index contributed by atoms with van der Waals surface area (Å²) in [6.45, 7) is 2.04. The fraction of sp³-hybridized carbons (Fsp3) is 0.250. The van der Waals surface area contributed by atoms with Gasteiger partial charge in [-0.05, 0) is 59.4 Å². The number of hydrogen-bond donors (Lipinski definition) is 0. The molecule has 0 saturated carbocycles. The van der Waals surface area contributed by atoms with Gasteiger partial charge in [0.2, 0.25) is 0 Å². The van der Waals surface area contributed by atoms with Crippen LogP contribution in [-0.4, -0.2) is 4.84 Å². The van der Waals surface area contributed by atoms with Crippen molar-refractivity contribution in [2.45, 2.75) is 24.1 Å². The Labute approximate surface area is 138 Å². The van der Waals surface area contributed by atoms with E-state index in [1.165, 1.54) is 11.1 Å². The van der Waals surface area contributed by atoms with Crippen molar-refractivity contribution in [1.29, 1.82) is 0 Å². The maximum absolute atomic E-state index is 6.44. The second-order valence-electron chi connectivity index (χ2n) is 5.15. The van der Waals surface area contributed by atoms with Gasteiger partial charge in [0.25, 0.3) is 0 Å². The van der Waals surface area contributed by atoms with Crippen LogP contribution >= 0.6 is 46.4 Å². The van der Waals surface area contributed by atoms with Crippen LogP contribution in [0.3, 0.4) is 0 Å². The molecule has 1 aliphatic rings. The van der Waals surface area contributed by atoms with Gasteiger partial charge in [-0.3, -0.25) is 0 Å². The normalized spacial score (nSPS) is 17.0. The lowest BCUT2D eigenvalue weighted by atomic mass is 9.78. The molecule has 2 aromatic carbocycles. The number of halogens is 4. The number of fused-ring (bicyclic) bond motifs is 2. The van der Waals surface area contributed by atoms with Crippen LogP contribution in [0.4, 0.5) is 0 Å². The Kier molecular flexibility index (Phi) is 3.94. The van der Waals surface area contributed by atoms with Gasteiger partial charge >= 0.3 is 0 Å². The van der Waals surface area contributed by atoms with Gasteiger partial charge in [0.15, 0.2) is 0 Å². The summed E-state index contributed by atoms with van der Waals surface area (Å²) in [6, 6.07) is 9.97. The zero-order valence-electron chi connectivity index (χ0n) is 10.8. The Bertz CT molecular complexity index is 676. The highest BCUT2D eigenvalue weighted by Gasteiger charge is 2.32. The van der Waals surface area contributed by atoms with Crippen molar-refractivity contribution in [3.63, 3.8) is 0 Å². The molecule has 4 heteroatoms. The molecule has 1 unspecified atom stereocenters. The van der Waals surface area contributed by atoms with E-state index in [1.54, 1.807) is 0 Å². The van der Waals surface area contributed by atoms with Gasteiger partial charge in [0.1, 0.15) is 4.84 Å². The predicted octanol–water partition coefficient (Wildman–Crippen LogP) is 6.14. The van der Waals surface area contributed by atoms with Crippen LogP contribution < -0.4 is 0 Å². The molecular formula is C16H12Cl4. The SMILES string of the molecule is Cc1cc(Cl)c2c(c1)Cc1cc(Cl)ccc1C2C(Cl)Cl. The van der Waals surface area contributed by atoms with Crippen LogP contribution in [0.15, 0.2) is 30.3 Å². The second-order valence-corrected chi connectivity index (χ2v) is 7.16. The first-order chi connectivity index (χ1) is 9.47. The van der Waals surface area contributed by atoms with E-state index in [2.05, 4.69) is 6.07 Å². The number of rotatable bonds is 1. The lowest BCUT2D eigenvalue weighted by Gasteiger charge is -2.30. The van der Waals surface area contributed by atoms with E-state index >= 15 is 0 Å². The highest BCUT2D eigenvalue weighted by Crippen LogP contribution is 2.45. The summed E-state index contributed by atoms with van der Waals surface area (Å²) in [4.78, 5) is -0.547. The maximum atomic E-state index is 6.44. The molecule has 0 aliphatic heterocycles. The van der Waals surface area contributed by atoms with Gasteiger partial charge in [-0.1, -0.05) is 35.3 Å². The molecule has 1 atom stereocenters. The summed E-state index contributed by atoms with van der Waals surface area (Å²) in [5, 5.41) is 1.46. The monoisotopic (exact) mass is 344 g/mol. The molecule has 1 aliphatic carbocycles. The summed E-state index contributed by atoms with van der Waals surface area (Å²) in [5.74, 6) is -0.109. The smallest absolute Gasteiger partial charge is 0.104 e. The minimum Gasteiger partial charge on any atom is -0.104 e. The van der Waals surface area contributed by atoms with Crippen LogP contribution in [0.2, 0.25) is 10.0 Å². The molecule has 0 radical (unpaired) electrons. The van der Waals surface area contributed by atoms with Gasteiger partial charge in [-0.25, -0.2) is 0 Å². The van der Waals surface area contributed by atoms with Gasteiger partial charge in [0.05, 0.1) is 0 Å². The highest BCUT2D eigenvalue weighted by atomic mass is 35.5. The summed E-state index contributed by atoms with van der Waals surface area (Å²) in [7, 11) is 0. The molecule has 0 aromatic heterocycles. The number of hydrogen-bond acceptors (Lipinski definition) is 0. The minimum atomic E-state index is -0.547. The number of aryl methyl sites for hydroxylation is 1. The Morgan fingerprint density at radius 2 is 1.80 bits per heavy atom.